The molecule has 0 amide bonds. The van der Waals surface area contributed by atoms with Crippen LogP contribution in [0.5, 0.6) is 0 Å². The summed E-state index contributed by atoms with van der Waals surface area (Å²) in [5.41, 5.74) is 0.367. The largest absolute Gasteiger partial charge is 0.462 e. The van der Waals surface area contributed by atoms with Crippen LogP contribution >= 0.6 is 0 Å². The summed E-state index contributed by atoms with van der Waals surface area (Å²) >= 11 is 0. The SMILES string of the molecule is CCOC(=O)/C(C)=C(\OC1=CC=CC1)OC1CC=CC1. The third-order valence-corrected chi connectivity index (χ3v) is 3.09. The average molecular weight is 276 g/mol. The zero-order valence-electron chi connectivity index (χ0n) is 11.9. The molecule has 0 heterocycles. The fourth-order valence-corrected chi connectivity index (χ4v) is 1.97. The zero-order chi connectivity index (χ0) is 14.4. The summed E-state index contributed by atoms with van der Waals surface area (Å²) in [6.07, 6.45) is 12.3. The van der Waals surface area contributed by atoms with E-state index in [0.717, 1.165) is 18.6 Å². The molecule has 108 valence electrons. The zero-order valence-corrected chi connectivity index (χ0v) is 11.9. The first-order valence-corrected chi connectivity index (χ1v) is 6.94. The molecule has 4 heteroatoms. The van der Waals surface area contributed by atoms with E-state index in [2.05, 4.69) is 12.2 Å². The summed E-state index contributed by atoms with van der Waals surface area (Å²) in [4.78, 5) is 11.8. The molecule has 0 aromatic rings. The molecule has 0 aliphatic heterocycles. The second-order valence-electron chi connectivity index (χ2n) is 4.68. The smallest absolute Gasteiger partial charge is 0.340 e. The van der Waals surface area contributed by atoms with Crippen molar-refractivity contribution < 1.29 is 19.0 Å². The van der Waals surface area contributed by atoms with Crippen LogP contribution in [0.1, 0.15) is 33.1 Å². The quantitative estimate of drug-likeness (QED) is 0.323. The van der Waals surface area contributed by atoms with E-state index in [1.807, 2.05) is 18.2 Å². The van der Waals surface area contributed by atoms with E-state index in [-0.39, 0.29) is 12.0 Å². The number of esters is 1. The van der Waals surface area contributed by atoms with E-state index in [9.17, 15) is 4.79 Å². The minimum atomic E-state index is -0.403. The van der Waals surface area contributed by atoms with Crippen molar-refractivity contribution in [3.8, 4) is 0 Å². The Morgan fingerprint density at radius 2 is 2.05 bits per heavy atom. The van der Waals surface area contributed by atoms with Gasteiger partial charge in [0.1, 0.15) is 17.4 Å². The summed E-state index contributed by atoms with van der Waals surface area (Å²) in [5.74, 6) is 0.627. The first-order chi connectivity index (χ1) is 9.70. The van der Waals surface area contributed by atoms with Gasteiger partial charge in [-0.3, -0.25) is 0 Å². The van der Waals surface area contributed by atoms with Crippen molar-refractivity contribution in [1.29, 1.82) is 0 Å². The summed E-state index contributed by atoms with van der Waals surface area (Å²) in [7, 11) is 0. The van der Waals surface area contributed by atoms with Gasteiger partial charge in [-0.25, -0.2) is 4.79 Å². The Kier molecular flexibility index (Phi) is 5.04. The summed E-state index contributed by atoms with van der Waals surface area (Å²) in [6.45, 7) is 3.77. The van der Waals surface area contributed by atoms with Crippen molar-refractivity contribution in [2.24, 2.45) is 0 Å². The lowest BCUT2D eigenvalue weighted by atomic mass is 10.3. The van der Waals surface area contributed by atoms with E-state index >= 15 is 0 Å². The van der Waals surface area contributed by atoms with Crippen molar-refractivity contribution in [3.05, 3.63) is 47.7 Å². The van der Waals surface area contributed by atoms with Gasteiger partial charge >= 0.3 is 5.97 Å². The maximum Gasteiger partial charge on any atom is 0.340 e. The molecular formula is C16H20O4. The highest BCUT2D eigenvalue weighted by Gasteiger charge is 2.21. The molecule has 0 aromatic heterocycles. The van der Waals surface area contributed by atoms with Crippen LogP contribution in [0, 0.1) is 0 Å². The Balaban J connectivity index is 2.08. The molecule has 0 saturated carbocycles. The van der Waals surface area contributed by atoms with Gasteiger partial charge in [0.15, 0.2) is 0 Å². The summed E-state index contributed by atoms with van der Waals surface area (Å²) < 4.78 is 16.6. The first-order valence-electron chi connectivity index (χ1n) is 6.94. The highest BCUT2D eigenvalue weighted by molar-refractivity contribution is 5.88. The van der Waals surface area contributed by atoms with Gasteiger partial charge in [-0.1, -0.05) is 24.3 Å². The number of hydrogen-bond acceptors (Lipinski definition) is 4. The maximum atomic E-state index is 11.8. The van der Waals surface area contributed by atoms with Crippen molar-refractivity contribution in [1.82, 2.24) is 0 Å². The molecule has 0 aromatic carbocycles. The molecule has 2 aliphatic rings. The predicted octanol–water partition coefficient (Wildman–Crippen LogP) is 3.38. The van der Waals surface area contributed by atoms with Crippen molar-refractivity contribution >= 4 is 5.97 Å². The fraction of sp³-hybridized carbons (Fsp3) is 0.438. The number of hydrogen-bond donors (Lipinski definition) is 0. The van der Waals surface area contributed by atoms with Gasteiger partial charge in [0.2, 0.25) is 0 Å². The van der Waals surface area contributed by atoms with Crippen LogP contribution in [0.2, 0.25) is 0 Å². The Labute approximate surface area is 119 Å². The second-order valence-corrected chi connectivity index (χ2v) is 4.68. The Morgan fingerprint density at radius 3 is 2.65 bits per heavy atom. The van der Waals surface area contributed by atoms with Crippen molar-refractivity contribution in [2.45, 2.75) is 39.2 Å². The minimum absolute atomic E-state index is 0.0318. The van der Waals surface area contributed by atoms with E-state index in [1.165, 1.54) is 0 Å². The monoisotopic (exact) mass is 276 g/mol. The van der Waals surface area contributed by atoms with Gasteiger partial charge in [-0.05, 0) is 19.9 Å². The molecule has 0 saturated heterocycles. The van der Waals surface area contributed by atoms with Crippen molar-refractivity contribution in [3.63, 3.8) is 0 Å². The predicted molar refractivity (Wildman–Crippen MR) is 75.5 cm³/mol. The van der Waals surface area contributed by atoms with E-state index in [4.69, 9.17) is 14.2 Å². The Bertz CT molecular complexity index is 475. The molecule has 0 unspecified atom stereocenters. The van der Waals surface area contributed by atoms with Gasteiger partial charge in [0.05, 0.1) is 6.61 Å². The third-order valence-electron chi connectivity index (χ3n) is 3.09. The first kappa shape index (κ1) is 14.4. The summed E-state index contributed by atoms with van der Waals surface area (Å²) in [6, 6.07) is 0. The van der Waals surface area contributed by atoms with Crippen LogP contribution in [-0.2, 0) is 19.0 Å². The molecule has 0 radical (unpaired) electrons. The highest BCUT2D eigenvalue weighted by atomic mass is 16.7. The van der Waals surface area contributed by atoms with E-state index in [1.54, 1.807) is 13.8 Å². The molecule has 20 heavy (non-hydrogen) atoms. The maximum absolute atomic E-state index is 11.8. The highest BCUT2D eigenvalue weighted by Crippen LogP contribution is 2.24. The fourth-order valence-electron chi connectivity index (χ4n) is 1.97. The van der Waals surface area contributed by atoms with Gasteiger partial charge in [0, 0.05) is 19.3 Å². The molecular weight excluding hydrogens is 256 g/mol. The van der Waals surface area contributed by atoms with E-state index in [0.29, 0.717) is 18.6 Å². The molecule has 2 aliphatic carbocycles. The normalized spacial score (nSPS) is 18.8. The van der Waals surface area contributed by atoms with Gasteiger partial charge in [0.25, 0.3) is 5.95 Å². The van der Waals surface area contributed by atoms with Crippen LogP contribution in [0.4, 0.5) is 0 Å². The van der Waals surface area contributed by atoms with Crippen LogP contribution in [0.15, 0.2) is 47.7 Å². The standard InChI is InChI=1S/C16H20O4/c1-3-18-15(17)12(2)16(19-13-8-4-5-9-13)20-14-10-6-7-11-14/h4-8,14H,3,9-11H2,1-2H3/b16-12+. The number of ether oxygens (including phenoxy) is 3. The molecule has 0 N–H and O–H groups in total. The molecule has 0 fully saturated rings. The number of carbonyl (C=O) groups is 1. The molecule has 0 bridgehead atoms. The van der Waals surface area contributed by atoms with E-state index < -0.39 is 5.97 Å². The molecule has 2 rings (SSSR count). The number of rotatable bonds is 6. The third kappa shape index (κ3) is 3.76. The van der Waals surface area contributed by atoms with Crippen LogP contribution < -0.4 is 0 Å². The van der Waals surface area contributed by atoms with Crippen LogP contribution in [0.25, 0.3) is 0 Å². The Hall–Kier alpha value is -1.97. The minimum Gasteiger partial charge on any atom is -0.462 e. The Morgan fingerprint density at radius 1 is 1.30 bits per heavy atom. The molecule has 4 nitrogen and oxygen atoms in total. The topological polar surface area (TPSA) is 44.8 Å². The lowest BCUT2D eigenvalue weighted by molar-refractivity contribution is -0.139. The second kappa shape index (κ2) is 6.98. The van der Waals surface area contributed by atoms with Gasteiger partial charge in [-0.15, -0.1) is 0 Å². The number of carbonyl (C=O) groups excluding carboxylic acids is 1. The van der Waals surface area contributed by atoms with Crippen LogP contribution in [-0.4, -0.2) is 18.7 Å². The van der Waals surface area contributed by atoms with Crippen LogP contribution in [0.3, 0.4) is 0 Å². The molecule has 0 atom stereocenters. The van der Waals surface area contributed by atoms with Crippen molar-refractivity contribution in [2.75, 3.05) is 6.61 Å². The number of allylic oxidation sites excluding steroid dienone is 3. The lowest BCUT2D eigenvalue weighted by Crippen LogP contribution is -2.15. The lowest BCUT2D eigenvalue weighted by Gasteiger charge is -2.19. The van der Waals surface area contributed by atoms with Gasteiger partial charge in [-0.2, -0.15) is 0 Å². The summed E-state index contributed by atoms with van der Waals surface area (Å²) in [5, 5.41) is 0. The van der Waals surface area contributed by atoms with Gasteiger partial charge < -0.3 is 14.2 Å². The average Bonchev–Trinajstić information content (AvgIpc) is 3.10. The molecule has 0 spiro atoms.